The second-order valence-corrected chi connectivity index (χ2v) is 6.81. The Labute approximate surface area is 159 Å². The molecule has 2 N–H and O–H groups in total. The van der Waals surface area contributed by atoms with Crippen LogP contribution < -0.4 is 5.48 Å². The highest BCUT2D eigenvalue weighted by Gasteiger charge is 2.09. The average Bonchev–Trinajstić information content (AvgIpc) is 2.73. The van der Waals surface area contributed by atoms with Crippen LogP contribution >= 0.6 is 0 Å². The van der Waals surface area contributed by atoms with Crippen LogP contribution in [0.25, 0.3) is 5.57 Å². The second-order valence-electron chi connectivity index (χ2n) is 6.81. The highest BCUT2D eigenvalue weighted by atomic mass is 16.5. The molecular formula is C22H25N3O2. The van der Waals surface area contributed by atoms with Gasteiger partial charge in [0.15, 0.2) is 0 Å². The summed E-state index contributed by atoms with van der Waals surface area (Å²) in [5.41, 5.74) is 7.96. The normalized spacial score (nSPS) is 14.2. The molecule has 1 aliphatic rings. The summed E-state index contributed by atoms with van der Waals surface area (Å²) < 4.78 is 0. The molecule has 0 unspecified atom stereocenters. The molecule has 0 atom stereocenters. The first-order valence-electron chi connectivity index (χ1n) is 9.34. The number of aromatic nitrogens is 1. The number of carbonyl (C=O) groups is 1. The van der Waals surface area contributed by atoms with E-state index in [4.69, 9.17) is 5.21 Å². The van der Waals surface area contributed by atoms with Gasteiger partial charge in [0.05, 0.1) is 6.54 Å². The zero-order valence-corrected chi connectivity index (χ0v) is 15.6. The van der Waals surface area contributed by atoms with Crippen LogP contribution in [0.2, 0.25) is 0 Å². The summed E-state index contributed by atoms with van der Waals surface area (Å²) in [6.07, 6.45) is 11.9. The monoisotopic (exact) mass is 363 g/mol. The lowest BCUT2D eigenvalue weighted by Gasteiger charge is -2.14. The molecule has 0 fully saturated rings. The summed E-state index contributed by atoms with van der Waals surface area (Å²) in [4.78, 5) is 20.4. The summed E-state index contributed by atoms with van der Waals surface area (Å²) in [5.74, 6) is -0.513. The number of nitrogens with one attached hydrogen (secondary N) is 1. The first-order chi connectivity index (χ1) is 13.2. The van der Waals surface area contributed by atoms with Gasteiger partial charge in [-0.1, -0.05) is 18.2 Å². The zero-order chi connectivity index (χ0) is 19.1. The van der Waals surface area contributed by atoms with Gasteiger partial charge in [-0.2, -0.15) is 0 Å². The number of aryl methyl sites for hydroxylation is 1. The number of benzene rings is 1. The Morgan fingerprint density at radius 3 is 2.81 bits per heavy atom. The van der Waals surface area contributed by atoms with Gasteiger partial charge in [0, 0.05) is 30.1 Å². The van der Waals surface area contributed by atoms with Gasteiger partial charge in [-0.25, -0.2) is 5.48 Å². The molecule has 0 saturated heterocycles. The Hall–Kier alpha value is -2.79. The maximum atomic E-state index is 11.3. The van der Waals surface area contributed by atoms with Crippen molar-refractivity contribution >= 4 is 17.7 Å². The summed E-state index contributed by atoms with van der Waals surface area (Å²) in [6.45, 7) is 2.59. The van der Waals surface area contributed by atoms with Gasteiger partial charge in [0.25, 0.3) is 5.91 Å². The number of amides is 1. The first-order valence-corrected chi connectivity index (χ1v) is 9.34. The maximum absolute atomic E-state index is 11.3. The molecule has 0 radical (unpaired) electrons. The van der Waals surface area contributed by atoms with Crippen molar-refractivity contribution < 1.29 is 10.0 Å². The van der Waals surface area contributed by atoms with Crippen molar-refractivity contribution in [2.24, 2.45) is 4.99 Å². The number of allylic oxidation sites excluding steroid dienone is 2. The summed E-state index contributed by atoms with van der Waals surface area (Å²) in [5, 5.41) is 8.63. The standard InChI is InChI=1S/C22H25N3O2/c1-16-20(13-21(15-24-16)18-5-3-2-4-6-18)11-12-23-14-17-7-9-19(10-8-17)22(26)25-27/h5,7-10,12-13,15,27H,2-4,6,11,14H2,1H3,(H,25,26). The summed E-state index contributed by atoms with van der Waals surface area (Å²) >= 11 is 0. The van der Waals surface area contributed by atoms with Crippen LogP contribution in [-0.2, 0) is 13.0 Å². The van der Waals surface area contributed by atoms with Crippen LogP contribution in [0.15, 0.2) is 47.6 Å². The molecule has 27 heavy (non-hydrogen) atoms. The van der Waals surface area contributed by atoms with Crippen molar-refractivity contribution in [1.82, 2.24) is 10.5 Å². The van der Waals surface area contributed by atoms with E-state index in [0.29, 0.717) is 12.1 Å². The fourth-order valence-corrected chi connectivity index (χ4v) is 3.22. The molecule has 1 aromatic heterocycles. The van der Waals surface area contributed by atoms with Crippen LogP contribution in [0.3, 0.4) is 0 Å². The van der Waals surface area contributed by atoms with E-state index < -0.39 is 5.91 Å². The lowest BCUT2D eigenvalue weighted by Crippen LogP contribution is -2.18. The number of rotatable bonds is 6. The van der Waals surface area contributed by atoms with Crippen molar-refractivity contribution in [2.45, 2.75) is 45.6 Å². The lowest BCUT2D eigenvalue weighted by atomic mass is 9.93. The van der Waals surface area contributed by atoms with Crippen LogP contribution in [0.1, 0.15) is 58.4 Å². The molecule has 1 heterocycles. The van der Waals surface area contributed by atoms with E-state index >= 15 is 0 Å². The van der Waals surface area contributed by atoms with E-state index in [0.717, 1.165) is 24.1 Å². The molecule has 5 heteroatoms. The fraction of sp³-hybridized carbons (Fsp3) is 0.318. The van der Waals surface area contributed by atoms with E-state index in [1.807, 2.05) is 31.5 Å². The Bertz CT molecular complexity index is 854. The minimum Gasteiger partial charge on any atom is -0.292 e. The number of aliphatic imine (C=N–C) groups is 1. The highest BCUT2D eigenvalue weighted by molar-refractivity contribution is 5.93. The molecule has 0 spiro atoms. The zero-order valence-electron chi connectivity index (χ0n) is 15.6. The third-order valence-corrected chi connectivity index (χ3v) is 4.89. The van der Waals surface area contributed by atoms with E-state index in [2.05, 4.69) is 22.1 Å². The van der Waals surface area contributed by atoms with E-state index in [1.54, 1.807) is 17.6 Å². The SMILES string of the molecule is Cc1ncc(C2=CCCCC2)cc1CC=NCc1ccc(C(=O)NO)cc1. The molecular weight excluding hydrogens is 338 g/mol. The fourth-order valence-electron chi connectivity index (χ4n) is 3.22. The molecule has 1 aliphatic carbocycles. The minimum absolute atomic E-state index is 0.417. The third kappa shape index (κ3) is 5.11. The average molecular weight is 363 g/mol. The summed E-state index contributed by atoms with van der Waals surface area (Å²) in [6, 6.07) is 9.27. The Balaban J connectivity index is 1.60. The smallest absolute Gasteiger partial charge is 0.274 e. The number of hydrogen-bond donors (Lipinski definition) is 2. The van der Waals surface area contributed by atoms with Crippen LogP contribution in [0, 0.1) is 6.92 Å². The first kappa shape index (κ1) is 19.0. The predicted octanol–water partition coefficient (Wildman–Crippen LogP) is 4.28. The molecule has 0 saturated carbocycles. The molecule has 0 bridgehead atoms. The number of hydrogen-bond acceptors (Lipinski definition) is 4. The van der Waals surface area contributed by atoms with Gasteiger partial charge in [0.1, 0.15) is 0 Å². The third-order valence-electron chi connectivity index (χ3n) is 4.89. The largest absolute Gasteiger partial charge is 0.292 e. The molecule has 1 aromatic carbocycles. The van der Waals surface area contributed by atoms with Crippen LogP contribution in [0.5, 0.6) is 0 Å². The molecule has 2 aromatic rings. The highest BCUT2D eigenvalue weighted by Crippen LogP contribution is 2.27. The van der Waals surface area contributed by atoms with Crippen LogP contribution in [-0.4, -0.2) is 22.3 Å². The quantitative estimate of drug-likeness (QED) is 0.457. The summed E-state index contributed by atoms with van der Waals surface area (Å²) in [7, 11) is 0. The number of nitrogens with zero attached hydrogens (tertiary/aromatic N) is 2. The topological polar surface area (TPSA) is 74.6 Å². The lowest BCUT2D eigenvalue weighted by molar-refractivity contribution is 0.0706. The van der Waals surface area contributed by atoms with Crippen molar-refractivity contribution in [3.63, 3.8) is 0 Å². The van der Waals surface area contributed by atoms with Crippen molar-refractivity contribution in [1.29, 1.82) is 0 Å². The number of pyridine rings is 1. The molecule has 0 aliphatic heterocycles. The maximum Gasteiger partial charge on any atom is 0.274 e. The van der Waals surface area contributed by atoms with E-state index in [1.165, 1.54) is 36.0 Å². The van der Waals surface area contributed by atoms with Gasteiger partial charge in [-0.3, -0.25) is 20.0 Å². The number of hydroxylamine groups is 1. The minimum atomic E-state index is -0.513. The molecule has 3 rings (SSSR count). The Morgan fingerprint density at radius 1 is 1.30 bits per heavy atom. The second kappa shape index (κ2) is 9.24. The Kier molecular flexibility index (Phi) is 6.49. The van der Waals surface area contributed by atoms with Crippen molar-refractivity contribution in [3.05, 3.63) is 70.6 Å². The van der Waals surface area contributed by atoms with Crippen molar-refractivity contribution in [3.8, 4) is 0 Å². The molecule has 5 nitrogen and oxygen atoms in total. The molecule has 1 amide bonds. The number of carbonyl (C=O) groups excluding carboxylic acids is 1. The van der Waals surface area contributed by atoms with E-state index in [9.17, 15) is 4.79 Å². The van der Waals surface area contributed by atoms with Gasteiger partial charge in [0.2, 0.25) is 0 Å². The van der Waals surface area contributed by atoms with Gasteiger partial charge in [-0.15, -0.1) is 0 Å². The molecule has 140 valence electrons. The Morgan fingerprint density at radius 2 is 2.11 bits per heavy atom. The van der Waals surface area contributed by atoms with Crippen LogP contribution in [0.4, 0.5) is 0 Å². The van der Waals surface area contributed by atoms with Gasteiger partial charge < -0.3 is 0 Å². The predicted molar refractivity (Wildman–Crippen MR) is 107 cm³/mol. The van der Waals surface area contributed by atoms with E-state index in [-0.39, 0.29) is 0 Å². The van der Waals surface area contributed by atoms with Gasteiger partial charge in [-0.05, 0) is 73.1 Å². The van der Waals surface area contributed by atoms with Gasteiger partial charge >= 0.3 is 0 Å². The van der Waals surface area contributed by atoms with Crippen molar-refractivity contribution in [2.75, 3.05) is 0 Å².